The Balaban J connectivity index is 2.09. The van der Waals surface area contributed by atoms with E-state index in [1.54, 1.807) is 56.8 Å². The van der Waals surface area contributed by atoms with Crippen LogP contribution < -0.4 is 4.74 Å². The average Bonchev–Trinajstić information content (AvgIpc) is 3.11. The predicted octanol–water partition coefficient (Wildman–Crippen LogP) is 3.30. The molecule has 0 aliphatic rings. The molecular weight excluding hydrogens is 366 g/mol. The quantitative estimate of drug-likeness (QED) is 0.644. The van der Waals surface area contributed by atoms with E-state index < -0.39 is 9.05 Å². The molecule has 0 radical (unpaired) electrons. The fraction of sp³-hybridized carbons (Fsp3) is 0.250. The van der Waals surface area contributed by atoms with Crippen molar-refractivity contribution in [2.45, 2.75) is 18.7 Å². The number of benzene rings is 1. The number of ether oxygens (including phenoxy) is 1. The van der Waals surface area contributed by atoms with Gasteiger partial charge in [-0.15, -0.1) is 10.2 Å². The summed E-state index contributed by atoms with van der Waals surface area (Å²) in [6.45, 7) is 3.33. The van der Waals surface area contributed by atoms with Crippen molar-refractivity contribution in [1.82, 2.24) is 14.8 Å². The van der Waals surface area contributed by atoms with Crippen LogP contribution in [-0.2, 0) is 16.1 Å². The van der Waals surface area contributed by atoms with Crippen LogP contribution in [0.2, 0.25) is 0 Å². The molecule has 0 fully saturated rings. The van der Waals surface area contributed by atoms with Crippen LogP contribution in [0.4, 0.5) is 0 Å². The number of methoxy groups -OCH3 is 1. The van der Waals surface area contributed by atoms with Crippen molar-refractivity contribution in [3.05, 3.63) is 35.5 Å². The van der Waals surface area contributed by atoms with Crippen LogP contribution in [0.25, 0.3) is 23.0 Å². The zero-order valence-corrected chi connectivity index (χ0v) is 15.6. The summed E-state index contributed by atoms with van der Waals surface area (Å²) < 4.78 is 36.2. The summed E-state index contributed by atoms with van der Waals surface area (Å²) in [5.74, 6) is 1.26. The molecule has 0 aliphatic heterocycles. The fourth-order valence-corrected chi connectivity index (χ4v) is 4.42. The summed E-state index contributed by atoms with van der Waals surface area (Å²) in [6.07, 6.45) is 0. The van der Waals surface area contributed by atoms with Gasteiger partial charge in [0.1, 0.15) is 16.3 Å². The highest BCUT2D eigenvalue weighted by molar-refractivity contribution is 8.13. The van der Waals surface area contributed by atoms with E-state index in [4.69, 9.17) is 19.8 Å². The summed E-state index contributed by atoms with van der Waals surface area (Å²) in [7, 11) is 4.98. The van der Waals surface area contributed by atoms with Gasteiger partial charge < -0.3 is 13.7 Å². The van der Waals surface area contributed by atoms with Gasteiger partial charge in [-0.05, 0) is 38.1 Å². The molecule has 2 heterocycles. The van der Waals surface area contributed by atoms with E-state index in [0.717, 1.165) is 5.56 Å². The number of hydrogen-bond donors (Lipinski definition) is 0. The number of nitrogens with zero attached hydrogens (tertiary/aromatic N) is 3. The summed E-state index contributed by atoms with van der Waals surface area (Å²) in [5.41, 5.74) is 2.23. The maximum absolute atomic E-state index is 11.8. The molecule has 0 aliphatic carbocycles. The normalized spacial score (nSPS) is 11.7. The van der Waals surface area contributed by atoms with Crippen molar-refractivity contribution in [3.8, 4) is 28.8 Å². The van der Waals surface area contributed by atoms with Crippen molar-refractivity contribution in [3.63, 3.8) is 0 Å². The maximum Gasteiger partial charge on any atom is 0.264 e. The minimum Gasteiger partial charge on any atom is -0.497 e. The largest absolute Gasteiger partial charge is 0.497 e. The second-order valence-corrected chi connectivity index (χ2v) is 8.03. The highest BCUT2D eigenvalue weighted by Crippen LogP contribution is 2.35. The molecule has 3 aromatic rings. The molecule has 0 amide bonds. The molecule has 2 aromatic heterocycles. The molecule has 1 aromatic carbocycles. The molecule has 0 bridgehead atoms. The fourth-order valence-electron chi connectivity index (χ4n) is 2.78. The molecule has 0 atom stereocenters. The van der Waals surface area contributed by atoms with Crippen LogP contribution in [0, 0.1) is 13.8 Å². The third kappa shape index (κ3) is 3.03. The van der Waals surface area contributed by atoms with Gasteiger partial charge >= 0.3 is 0 Å². The van der Waals surface area contributed by atoms with Gasteiger partial charge in [0.25, 0.3) is 14.9 Å². The zero-order valence-electron chi connectivity index (χ0n) is 14.1. The summed E-state index contributed by atoms with van der Waals surface area (Å²) in [6, 6.07) is 7.17. The molecule has 0 spiro atoms. The first-order valence-electron chi connectivity index (χ1n) is 7.33. The molecule has 0 unspecified atom stereocenters. The predicted molar refractivity (Wildman–Crippen MR) is 93.2 cm³/mol. The molecule has 25 heavy (non-hydrogen) atoms. The maximum atomic E-state index is 11.8. The van der Waals surface area contributed by atoms with E-state index in [0.29, 0.717) is 28.6 Å². The molecule has 9 heteroatoms. The lowest BCUT2D eigenvalue weighted by Crippen LogP contribution is -1.97. The first-order chi connectivity index (χ1) is 11.7. The lowest BCUT2D eigenvalue weighted by molar-refractivity contribution is 0.415. The van der Waals surface area contributed by atoms with Gasteiger partial charge in [0.15, 0.2) is 0 Å². The average molecular weight is 382 g/mol. The third-order valence-corrected chi connectivity index (χ3v) is 5.62. The highest BCUT2D eigenvalue weighted by atomic mass is 35.7. The molecule has 0 N–H and O–H groups in total. The van der Waals surface area contributed by atoms with Gasteiger partial charge in [-0.2, -0.15) is 0 Å². The van der Waals surface area contributed by atoms with Crippen LogP contribution in [-0.4, -0.2) is 30.3 Å². The van der Waals surface area contributed by atoms with E-state index in [2.05, 4.69) is 10.2 Å². The Morgan fingerprint density at radius 3 is 2.24 bits per heavy atom. The Hall–Kier alpha value is -2.32. The van der Waals surface area contributed by atoms with Crippen LogP contribution in [0.3, 0.4) is 0 Å². The van der Waals surface area contributed by atoms with E-state index in [1.165, 1.54) is 0 Å². The third-order valence-electron chi connectivity index (χ3n) is 4.07. The monoisotopic (exact) mass is 381 g/mol. The molecule has 0 saturated heterocycles. The lowest BCUT2D eigenvalue weighted by atomic mass is 10.2. The summed E-state index contributed by atoms with van der Waals surface area (Å²) in [4.78, 5) is 0.0656. The van der Waals surface area contributed by atoms with E-state index >= 15 is 0 Å². The van der Waals surface area contributed by atoms with Gasteiger partial charge in [-0.25, -0.2) is 8.42 Å². The standard InChI is InChI=1S/C16H16ClN3O4S/c1-9-13(20(3)10(2)14(9)25(17,21)22)16-19-18-15(24-16)11-5-7-12(23-4)8-6-11/h5-8H,1-4H3. The van der Waals surface area contributed by atoms with Gasteiger partial charge in [0.05, 0.1) is 7.11 Å². The Bertz CT molecular complexity index is 1040. The van der Waals surface area contributed by atoms with Crippen LogP contribution in [0.1, 0.15) is 11.3 Å². The summed E-state index contributed by atoms with van der Waals surface area (Å²) >= 11 is 0. The Kier molecular flexibility index (Phi) is 4.34. The zero-order chi connectivity index (χ0) is 18.4. The van der Waals surface area contributed by atoms with Gasteiger partial charge in [-0.3, -0.25) is 0 Å². The van der Waals surface area contributed by atoms with Crippen LogP contribution in [0.5, 0.6) is 5.75 Å². The number of hydrogen-bond acceptors (Lipinski definition) is 6. The first-order valence-corrected chi connectivity index (χ1v) is 9.63. The van der Waals surface area contributed by atoms with E-state index in [9.17, 15) is 8.42 Å². The molecule has 0 saturated carbocycles. The number of rotatable bonds is 4. The van der Waals surface area contributed by atoms with Crippen LogP contribution >= 0.6 is 10.7 Å². The van der Waals surface area contributed by atoms with E-state index in [1.807, 2.05) is 0 Å². The summed E-state index contributed by atoms with van der Waals surface area (Å²) in [5, 5.41) is 8.11. The number of halogens is 1. The second-order valence-electron chi connectivity index (χ2n) is 5.53. The Morgan fingerprint density at radius 2 is 1.72 bits per heavy atom. The van der Waals surface area contributed by atoms with Crippen molar-refractivity contribution < 1.29 is 17.6 Å². The highest BCUT2D eigenvalue weighted by Gasteiger charge is 2.27. The van der Waals surface area contributed by atoms with Crippen molar-refractivity contribution in [2.75, 3.05) is 7.11 Å². The topological polar surface area (TPSA) is 87.2 Å². The van der Waals surface area contributed by atoms with Crippen molar-refractivity contribution in [1.29, 1.82) is 0 Å². The number of aromatic nitrogens is 3. The first kappa shape index (κ1) is 17.5. The minimum absolute atomic E-state index is 0.0656. The smallest absolute Gasteiger partial charge is 0.264 e. The van der Waals surface area contributed by atoms with Crippen LogP contribution in [0.15, 0.2) is 33.6 Å². The van der Waals surface area contributed by atoms with Gasteiger partial charge in [0.2, 0.25) is 5.89 Å². The van der Waals surface area contributed by atoms with Gasteiger partial charge in [-0.1, -0.05) is 0 Å². The van der Waals surface area contributed by atoms with Gasteiger partial charge in [0, 0.05) is 34.6 Å². The molecule has 7 nitrogen and oxygen atoms in total. The molecular formula is C16H16ClN3O4S. The molecule has 3 rings (SSSR count). The molecule has 132 valence electrons. The van der Waals surface area contributed by atoms with E-state index in [-0.39, 0.29) is 10.8 Å². The Labute approximate surface area is 149 Å². The second kappa shape index (κ2) is 6.20. The van der Waals surface area contributed by atoms with Crippen molar-refractivity contribution in [2.24, 2.45) is 7.05 Å². The van der Waals surface area contributed by atoms with Crippen molar-refractivity contribution >= 4 is 19.7 Å². The lowest BCUT2D eigenvalue weighted by Gasteiger charge is -2.01. The minimum atomic E-state index is -3.88. The Morgan fingerprint density at radius 1 is 1.12 bits per heavy atom. The SMILES string of the molecule is COc1ccc(-c2nnc(-c3c(C)c(S(=O)(=O)Cl)c(C)n3C)o2)cc1.